The van der Waals surface area contributed by atoms with Gasteiger partial charge in [-0.3, -0.25) is 0 Å². The number of pyridine rings is 1. The zero-order chi connectivity index (χ0) is 30.9. The Morgan fingerprint density at radius 2 is 0.872 bits per heavy atom. The van der Waals surface area contributed by atoms with Crippen LogP contribution in [0, 0.1) is 0 Å². The Morgan fingerprint density at radius 1 is 0.340 bits per heavy atom. The maximum absolute atomic E-state index is 6.13. The summed E-state index contributed by atoms with van der Waals surface area (Å²) in [5.41, 5.74) is 10.9. The number of benzene rings is 8. The molecule has 0 bridgehead atoms. The quantitative estimate of drug-likeness (QED) is 0.189. The van der Waals surface area contributed by atoms with E-state index in [9.17, 15) is 0 Å². The maximum atomic E-state index is 6.13. The zero-order valence-corrected chi connectivity index (χ0v) is 25.4. The van der Waals surface area contributed by atoms with Crippen LogP contribution in [0.15, 0.2) is 168 Å². The second-order valence-corrected chi connectivity index (χ2v) is 12.3. The third-order valence-electron chi connectivity index (χ3n) is 9.62. The molecule has 218 valence electrons. The van der Waals surface area contributed by atoms with Crippen LogP contribution in [-0.2, 0) is 0 Å². The Hall–Kier alpha value is -6.25. The van der Waals surface area contributed by atoms with Gasteiger partial charge in [-0.2, -0.15) is 0 Å². The van der Waals surface area contributed by atoms with E-state index in [1.807, 2.05) is 18.2 Å². The lowest BCUT2D eigenvalue weighted by molar-refractivity contribution is 0.669. The van der Waals surface area contributed by atoms with Crippen molar-refractivity contribution in [2.45, 2.75) is 0 Å². The fourth-order valence-corrected chi connectivity index (χ4v) is 7.40. The van der Waals surface area contributed by atoms with Gasteiger partial charge in [0.2, 0.25) is 0 Å². The van der Waals surface area contributed by atoms with Gasteiger partial charge in [0.25, 0.3) is 0 Å². The number of furan rings is 1. The number of rotatable bonds is 3. The Kier molecular flexibility index (Phi) is 5.61. The van der Waals surface area contributed by atoms with Gasteiger partial charge in [0.05, 0.1) is 5.52 Å². The minimum atomic E-state index is 0.817. The normalized spacial score (nSPS) is 11.8. The molecule has 2 nitrogen and oxygen atoms in total. The van der Waals surface area contributed by atoms with E-state index in [1.165, 1.54) is 60.1 Å². The number of nitrogens with zero attached hydrogens (tertiary/aromatic N) is 1. The lowest BCUT2D eigenvalue weighted by Gasteiger charge is -2.18. The van der Waals surface area contributed by atoms with Crippen LogP contribution in [0.3, 0.4) is 0 Å². The van der Waals surface area contributed by atoms with Crippen LogP contribution in [0.25, 0.3) is 98.7 Å². The first-order chi connectivity index (χ1) is 23.3. The van der Waals surface area contributed by atoms with E-state index in [0.717, 1.165) is 38.5 Å². The largest absolute Gasteiger partial charge is 0.454 e. The molecule has 0 amide bonds. The van der Waals surface area contributed by atoms with E-state index in [-0.39, 0.29) is 0 Å². The predicted molar refractivity (Wildman–Crippen MR) is 198 cm³/mol. The van der Waals surface area contributed by atoms with Crippen LogP contribution < -0.4 is 0 Å². The summed E-state index contributed by atoms with van der Waals surface area (Å²) in [6.45, 7) is 0. The molecule has 10 aromatic rings. The summed E-state index contributed by atoms with van der Waals surface area (Å²) in [7, 11) is 0. The van der Waals surface area contributed by atoms with Crippen LogP contribution in [0.1, 0.15) is 0 Å². The highest BCUT2D eigenvalue weighted by Crippen LogP contribution is 2.44. The molecular weight excluding hydrogens is 571 g/mol. The van der Waals surface area contributed by atoms with Gasteiger partial charge in [-0.05, 0) is 102 Å². The molecule has 0 N–H and O–H groups in total. The molecule has 0 aliphatic rings. The molecule has 8 aromatic carbocycles. The first-order valence-corrected chi connectivity index (χ1v) is 16.0. The third-order valence-corrected chi connectivity index (χ3v) is 9.62. The van der Waals surface area contributed by atoms with Crippen molar-refractivity contribution in [1.29, 1.82) is 0 Å². The van der Waals surface area contributed by atoms with Gasteiger partial charge in [-0.1, -0.05) is 127 Å². The summed E-state index contributed by atoms with van der Waals surface area (Å²) in [4.78, 5) is 4.96. The van der Waals surface area contributed by atoms with Crippen LogP contribution in [0.2, 0.25) is 0 Å². The van der Waals surface area contributed by atoms with E-state index in [1.54, 1.807) is 0 Å². The topological polar surface area (TPSA) is 26.0 Å². The molecule has 0 fully saturated rings. The number of aromatic nitrogens is 1. The molecule has 0 unspecified atom stereocenters. The van der Waals surface area contributed by atoms with E-state index in [2.05, 4.69) is 146 Å². The molecule has 10 rings (SSSR count). The smallest absolute Gasteiger partial charge is 0.154 e. The van der Waals surface area contributed by atoms with Crippen LogP contribution >= 0.6 is 0 Å². The molecule has 2 aromatic heterocycles. The molecular formula is C45H27NO. The molecule has 0 radical (unpaired) electrons. The fraction of sp³-hybridized carbons (Fsp3) is 0. The van der Waals surface area contributed by atoms with Gasteiger partial charge in [-0.15, -0.1) is 0 Å². The highest BCUT2D eigenvalue weighted by atomic mass is 16.3. The summed E-state index contributed by atoms with van der Waals surface area (Å²) >= 11 is 0. The highest BCUT2D eigenvalue weighted by molar-refractivity contribution is 6.21. The molecule has 0 atom stereocenters. The Balaban J connectivity index is 1.11. The Labute approximate surface area is 271 Å². The van der Waals surface area contributed by atoms with Crippen molar-refractivity contribution < 1.29 is 4.42 Å². The summed E-state index contributed by atoms with van der Waals surface area (Å²) in [5.74, 6) is 0. The number of hydrogen-bond acceptors (Lipinski definition) is 2. The van der Waals surface area contributed by atoms with Gasteiger partial charge in [0.1, 0.15) is 11.1 Å². The summed E-state index contributed by atoms with van der Waals surface area (Å²) < 4.78 is 6.13. The average molecular weight is 598 g/mol. The monoisotopic (exact) mass is 597 g/mol. The van der Waals surface area contributed by atoms with Crippen molar-refractivity contribution in [3.63, 3.8) is 0 Å². The van der Waals surface area contributed by atoms with Gasteiger partial charge >= 0.3 is 0 Å². The highest BCUT2D eigenvalue weighted by Gasteiger charge is 2.17. The van der Waals surface area contributed by atoms with E-state index in [0.29, 0.717) is 0 Å². The van der Waals surface area contributed by atoms with E-state index >= 15 is 0 Å². The molecule has 47 heavy (non-hydrogen) atoms. The van der Waals surface area contributed by atoms with Crippen molar-refractivity contribution in [2.24, 2.45) is 0 Å². The zero-order valence-electron chi connectivity index (χ0n) is 25.4. The van der Waals surface area contributed by atoms with Crippen LogP contribution in [0.4, 0.5) is 0 Å². The van der Waals surface area contributed by atoms with Crippen molar-refractivity contribution in [1.82, 2.24) is 4.98 Å². The SMILES string of the molecule is c1ccc2cc(-c3c4ccccc4c(-c4ccc(-c5ccc6nc7c(cc6c5)oc5ccccc57)cc4)c4ccccc34)ccc2c1. The number of para-hydroxylation sites is 1. The lowest BCUT2D eigenvalue weighted by Crippen LogP contribution is -1.91. The molecule has 0 aliphatic heterocycles. The molecule has 2 heteroatoms. The van der Waals surface area contributed by atoms with Crippen molar-refractivity contribution in [3.8, 4) is 33.4 Å². The summed E-state index contributed by atoms with van der Waals surface area (Å²) in [6.07, 6.45) is 0. The third kappa shape index (κ3) is 4.09. The first kappa shape index (κ1) is 26.0. The second-order valence-electron chi connectivity index (χ2n) is 12.3. The van der Waals surface area contributed by atoms with Gasteiger partial charge in [0, 0.05) is 10.8 Å². The first-order valence-electron chi connectivity index (χ1n) is 16.0. The van der Waals surface area contributed by atoms with Crippen LogP contribution in [0.5, 0.6) is 0 Å². The fourth-order valence-electron chi connectivity index (χ4n) is 7.40. The standard InChI is InChI=1S/C45H27NO/c1-2-10-31-25-33(22-19-28(31)9-1)44-37-13-5-3-11-35(37)43(36-12-4-6-14-38(36)44)30-20-17-29(18-21-30)32-23-24-40-34(26-32)27-42-45(46-40)39-15-7-8-16-41(39)47-42/h1-27H. The molecule has 0 saturated carbocycles. The summed E-state index contributed by atoms with van der Waals surface area (Å²) in [6, 6.07) is 58.8. The van der Waals surface area contributed by atoms with Gasteiger partial charge < -0.3 is 4.42 Å². The Morgan fingerprint density at radius 3 is 1.60 bits per heavy atom. The Bertz CT molecular complexity index is 2780. The number of fused-ring (bicyclic) bond motifs is 7. The van der Waals surface area contributed by atoms with E-state index in [4.69, 9.17) is 9.40 Å². The maximum Gasteiger partial charge on any atom is 0.154 e. The predicted octanol–water partition coefficient (Wildman–Crippen LogP) is 12.6. The minimum absolute atomic E-state index is 0.817. The van der Waals surface area contributed by atoms with E-state index < -0.39 is 0 Å². The minimum Gasteiger partial charge on any atom is -0.454 e. The summed E-state index contributed by atoms with van der Waals surface area (Å²) in [5, 5.41) is 9.67. The van der Waals surface area contributed by atoms with Crippen molar-refractivity contribution >= 4 is 65.3 Å². The lowest BCUT2D eigenvalue weighted by atomic mass is 9.85. The number of hydrogen-bond donors (Lipinski definition) is 0. The van der Waals surface area contributed by atoms with Crippen molar-refractivity contribution in [2.75, 3.05) is 0 Å². The van der Waals surface area contributed by atoms with Gasteiger partial charge in [-0.25, -0.2) is 4.98 Å². The molecule has 0 saturated heterocycles. The van der Waals surface area contributed by atoms with Crippen molar-refractivity contribution in [3.05, 3.63) is 164 Å². The molecule has 2 heterocycles. The van der Waals surface area contributed by atoms with Gasteiger partial charge in [0.15, 0.2) is 5.58 Å². The molecule has 0 aliphatic carbocycles. The average Bonchev–Trinajstić information content (AvgIpc) is 3.50. The second kappa shape index (κ2) is 10.1. The molecule has 0 spiro atoms. The van der Waals surface area contributed by atoms with Crippen LogP contribution in [-0.4, -0.2) is 4.98 Å².